The summed E-state index contributed by atoms with van der Waals surface area (Å²) in [4.78, 5) is 19.1. The van der Waals surface area contributed by atoms with E-state index < -0.39 is 11.5 Å². The summed E-state index contributed by atoms with van der Waals surface area (Å²) in [6.45, 7) is 6.80. The molecular formula is C33H38N2O3. The van der Waals surface area contributed by atoms with E-state index in [1.807, 2.05) is 48.5 Å². The second-order valence-corrected chi connectivity index (χ2v) is 11.1. The maximum Gasteiger partial charge on any atom is 0.235 e. The van der Waals surface area contributed by atoms with Crippen LogP contribution in [0.4, 0.5) is 5.69 Å². The summed E-state index contributed by atoms with van der Waals surface area (Å²) in [5.74, 6) is 1.19. The number of para-hydroxylation sites is 2. The SMILES string of the molecule is CCN(CC)c1ccc([C@H]2C3CCCCC3(O)CCN2C(=O)C2c3ccccc3Oc3ccccc32)cc1. The van der Waals surface area contributed by atoms with Crippen LogP contribution in [0.3, 0.4) is 0 Å². The van der Waals surface area contributed by atoms with Gasteiger partial charge in [-0.1, -0.05) is 61.4 Å². The summed E-state index contributed by atoms with van der Waals surface area (Å²) in [6.07, 6.45) is 4.52. The van der Waals surface area contributed by atoms with Crippen LogP contribution in [0.1, 0.15) is 74.6 Å². The molecule has 1 saturated heterocycles. The van der Waals surface area contributed by atoms with Crippen molar-refractivity contribution in [1.82, 2.24) is 4.90 Å². The molecule has 3 aromatic carbocycles. The zero-order valence-electron chi connectivity index (χ0n) is 22.5. The van der Waals surface area contributed by atoms with Crippen LogP contribution < -0.4 is 9.64 Å². The van der Waals surface area contributed by atoms with Crippen molar-refractivity contribution in [3.8, 4) is 11.5 Å². The van der Waals surface area contributed by atoms with E-state index in [4.69, 9.17) is 4.74 Å². The molecule has 3 atom stereocenters. The Morgan fingerprint density at radius 2 is 1.55 bits per heavy atom. The lowest BCUT2D eigenvalue weighted by Gasteiger charge is -2.53. The lowest BCUT2D eigenvalue weighted by atomic mass is 9.65. The quantitative estimate of drug-likeness (QED) is 0.417. The molecule has 1 aliphatic carbocycles. The van der Waals surface area contributed by atoms with E-state index in [-0.39, 0.29) is 17.9 Å². The number of carbonyl (C=O) groups is 1. The van der Waals surface area contributed by atoms with Crippen LogP contribution >= 0.6 is 0 Å². The van der Waals surface area contributed by atoms with Crippen molar-refractivity contribution in [2.24, 2.45) is 5.92 Å². The topological polar surface area (TPSA) is 53.0 Å². The highest BCUT2D eigenvalue weighted by Crippen LogP contribution is 2.52. The van der Waals surface area contributed by atoms with Gasteiger partial charge in [0.2, 0.25) is 5.91 Å². The molecule has 2 heterocycles. The van der Waals surface area contributed by atoms with Crippen LogP contribution in [0.25, 0.3) is 0 Å². The first kappa shape index (κ1) is 25.0. The second-order valence-electron chi connectivity index (χ2n) is 11.1. The molecule has 5 heteroatoms. The summed E-state index contributed by atoms with van der Waals surface area (Å²) >= 11 is 0. The van der Waals surface area contributed by atoms with Crippen molar-refractivity contribution in [2.75, 3.05) is 24.5 Å². The largest absolute Gasteiger partial charge is 0.457 e. The van der Waals surface area contributed by atoms with Crippen molar-refractivity contribution in [3.63, 3.8) is 0 Å². The summed E-state index contributed by atoms with van der Waals surface area (Å²) in [7, 11) is 0. The summed E-state index contributed by atoms with van der Waals surface area (Å²) in [5.41, 5.74) is 3.42. The molecule has 0 spiro atoms. The van der Waals surface area contributed by atoms with Crippen LogP contribution in [0.15, 0.2) is 72.8 Å². The molecule has 3 aliphatic rings. The molecule has 2 fully saturated rings. The number of carbonyl (C=O) groups excluding carboxylic acids is 1. The number of amides is 1. The van der Waals surface area contributed by atoms with E-state index in [1.165, 1.54) is 5.69 Å². The molecule has 38 heavy (non-hydrogen) atoms. The van der Waals surface area contributed by atoms with E-state index in [1.54, 1.807) is 0 Å². The van der Waals surface area contributed by atoms with E-state index in [9.17, 15) is 9.90 Å². The summed E-state index contributed by atoms with van der Waals surface area (Å²) in [5, 5.41) is 11.8. The fourth-order valence-corrected chi connectivity index (χ4v) is 7.15. The molecule has 2 aliphatic heterocycles. The van der Waals surface area contributed by atoms with Gasteiger partial charge in [-0.2, -0.15) is 0 Å². The van der Waals surface area contributed by atoms with E-state index in [0.29, 0.717) is 13.0 Å². The predicted octanol–water partition coefficient (Wildman–Crippen LogP) is 6.67. The second kappa shape index (κ2) is 10.1. The first-order valence-electron chi connectivity index (χ1n) is 14.3. The number of hydrogen-bond acceptors (Lipinski definition) is 4. The number of anilines is 1. The number of rotatable bonds is 5. The highest BCUT2D eigenvalue weighted by atomic mass is 16.5. The Balaban J connectivity index is 1.42. The van der Waals surface area contributed by atoms with Gasteiger partial charge < -0.3 is 19.6 Å². The number of likely N-dealkylation sites (tertiary alicyclic amines) is 1. The van der Waals surface area contributed by atoms with Gasteiger partial charge in [0.1, 0.15) is 11.5 Å². The maximum absolute atomic E-state index is 14.7. The third kappa shape index (κ3) is 4.17. The van der Waals surface area contributed by atoms with Gasteiger partial charge in [0.15, 0.2) is 0 Å². The molecule has 3 aromatic rings. The fourth-order valence-electron chi connectivity index (χ4n) is 7.15. The minimum absolute atomic E-state index is 0.0265. The number of hydrogen-bond donors (Lipinski definition) is 1. The van der Waals surface area contributed by atoms with Crippen LogP contribution in [0.5, 0.6) is 11.5 Å². The van der Waals surface area contributed by atoms with Crippen LogP contribution in [0, 0.1) is 5.92 Å². The van der Waals surface area contributed by atoms with Gasteiger partial charge in [0.05, 0.1) is 17.6 Å². The van der Waals surface area contributed by atoms with Gasteiger partial charge in [-0.05, 0) is 62.9 Å². The van der Waals surface area contributed by atoms with Crippen molar-refractivity contribution >= 4 is 11.6 Å². The van der Waals surface area contributed by atoms with Crippen LogP contribution in [0.2, 0.25) is 0 Å². The van der Waals surface area contributed by atoms with Crippen molar-refractivity contribution in [1.29, 1.82) is 0 Å². The minimum atomic E-state index is -0.720. The Morgan fingerprint density at radius 1 is 0.921 bits per heavy atom. The molecule has 0 aromatic heterocycles. The molecule has 2 unspecified atom stereocenters. The van der Waals surface area contributed by atoms with E-state index in [0.717, 1.165) is 67.0 Å². The zero-order valence-corrected chi connectivity index (χ0v) is 22.5. The van der Waals surface area contributed by atoms with E-state index in [2.05, 4.69) is 47.9 Å². The summed E-state index contributed by atoms with van der Waals surface area (Å²) in [6, 6.07) is 24.4. The fraction of sp³-hybridized carbons (Fsp3) is 0.424. The molecule has 1 saturated carbocycles. The smallest absolute Gasteiger partial charge is 0.235 e. The average Bonchev–Trinajstić information content (AvgIpc) is 2.95. The van der Waals surface area contributed by atoms with Gasteiger partial charge in [-0.25, -0.2) is 0 Å². The number of aliphatic hydroxyl groups is 1. The maximum atomic E-state index is 14.7. The Kier molecular flexibility index (Phi) is 6.65. The number of nitrogens with zero attached hydrogens (tertiary/aromatic N) is 2. The van der Waals surface area contributed by atoms with Crippen LogP contribution in [-0.2, 0) is 4.79 Å². The number of benzene rings is 3. The van der Waals surface area contributed by atoms with Gasteiger partial charge in [0.25, 0.3) is 0 Å². The number of ether oxygens (including phenoxy) is 1. The zero-order chi connectivity index (χ0) is 26.3. The molecular weight excluding hydrogens is 472 g/mol. The first-order valence-corrected chi connectivity index (χ1v) is 14.3. The van der Waals surface area contributed by atoms with Gasteiger partial charge in [-0.3, -0.25) is 4.79 Å². The standard InChI is InChI=1S/C33H38N2O3/c1-3-34(4-2)24-18-16-23(17-19-24)31-27-13-9-10-20-33(27,37)21-22-35(31)32(36)30-25-11-5-7-14-28(25)38-29-15-8-6-12-26(29)30/h5-8,11-12,14-19,27,30-31,37H,3-4,9-10,13,20-22H2,1-2H3/t27?,31-,33?/m0/s1. The lowest BCUT2D eigenvalue weighted by molar-refractivity contribution is -0.156. The first-order chi connectivity index (χ1) is 18.5. The Labute approximate surface area is 226 Å². The molecule has 1 N–H and O–H groups in total. The van der Waals surface area contributed by atoms with Gasteiger partial charge in [0, 0.05) is 42.4 Å². The van der Waals surface area contributed by atoms with Crippen molar-refractivity contribution in [3.05, 3.63) is 89.5 Å². The average molecular weight is 511 g/mol. The molecule has 0 bridgehead atoms. The molecule has 0 radical (unpaired) electrons. The normalized spacial score (nSPS) is 24.6. The third-order valence-electron chi connectivity index (χ3n) is 9.14. The predicted molar refractivity (Wildman–Crippen MR) is 151 cm³/mol. The van der Waals surface area contributed by atoms with Gasteiger partial charge in [-0.15, -0.1) is 0 Å². The highest BCUT2D eigenvalue weighted by molar-refractivity contribution is 5.90. The molecule has 6 rings (SSSR count). The van der Waals surface area contributed by atoms with Crippen molar-refractivity contribution in [2.45, 2.75) is 63.5 Å². The van der Waals surface area contributed by atoms with E-state index >= 15 is 0 Å². The Morgan fingerprint density at radius 3 is 2.18 bits per heavy atom. The third-order valence-corrected chi connectivity index (χ3v) is 9.14. The van der Waals surface area contributed by atoms with Gasteiger partial charge >= 0.3 is 0 Å². The molecule has 1 amide bonds. The molecule has 198 valence electrons. The number of fused-ring (bicyclic) bond motifs is 3. The monoisotopic (exact) mass is 510 g/mol. The Hall–Kier alpha value is -3.31. The van der Waals surface area contributed by atoms with Crippen LogP contribution in [-0.4, -0.2) is 41.1 Å². The lowest BCUT2D eigenvalue weighted by Crippen LogP contribution is -2.57. The molecule has 5 nitrogen and oxygen atoms in total. The number of piperidine rings is 1. The minimum Gasteiger partial charge on any atom is -0.457 e. The Bertz CT molecular complexity index is 1260. The highest BCUT2D eigenvalue weighted by Gasteiger charge is 2.51. The summed E-state index contributed by atoms with van der Waals surface area (Å²) < 4.78 is 6.20. The van der Waals surface area contributed by atoms with Crippen molar-refractivity contribution < 1.29 is 14.6 Å².